The summed E-state index contributed by atoms with van der Waals surface area (Å²) in [4.78, 5) is 0. The Balaban J connectivity index is 2.29. The lowest BCUT2D eigenvalue weighted by Gasteiger charge is -2.10. The Morgan fingerprint density at radius 3 is 2.88 bits per heavy atom. The molecule has 1 aromatic carbocycles. The van der Waals surface area contributed by atoms with Crippen LogP contribution in [0, 0.1) is 0 Å². The van der Waals surface area contributed by atoms with Crippen LogP contribution in [0.5, 0.6) is 5.75 Å². The lowest BCUT2D eigenvalue weighted by atomic mass is 10.3. The third-order valence-corrected chi connectivity index (χ3v) is 2.83. The monoisotopic (exact) mass is 305 g/mol. The van der Waals surface area contributed by atoms with Crippen LogP contribution < -0.4 is 10.1 Å². The summed E-state index contributed by atoms with van der Waals surface area (Å²) in [5.41, 5.74) is 0. The van der Waals surface area contributed by atoms with Gasteiger partial charge in [0.1, 0.15) is 5.75 Å². The zero-order chi connectivity index (χ0) is 12.0. The van der Waals surface area contributed by atoms with Crippen LogP contribution in [-0.4, -0.2) is 19.2 Å². The predicted octanol–water partition coefficient (Wildman–Crippen LogP) is 3.87. The van der Waals surface area contributed by atoms with E-state index in [4.69, 9.17) is 16.3 Å². The molecule has 90 valence electrons. The number of hydrogen-bond donors (Lipinski definition) is 1. The van der Waals surface area contributed by atoms with Crippen molar-refractivity contribution in [3.63, 3.8) is 0 Å². The number of hydrogen-bond acceptors (Lipinski definition) is 2. The maximum absolute atomic E-state index is 6.00. The van der Waals surface area contributed by atoms with Crippen LogP contribution in [0.25, 0.3) is 0 Å². The van der Waals surface area contributed by atoms with E-state index in [1.165, 1.54) is 0 Å². The first-order valence-corrected chi connectivity index (χ1v) is 6.58. The van der Waals surface area contributed by atoms with Gasteiger partial charge in [-0.2, -0.15) is 0 Å². The Bertz CT molecular complexity index is 331. The van der Waals surface area contributed by atoms with Crippen molar-refractivity contribution in [1.29, 1.82) is 0 Å². The van der Waals surface area contributed by atoms with E-state index in [0.29, 0.717) is 17.7 Å². The van der Waals surface area contributed by atoms with Gasteiger partial charge in [0.15, 0.2) is 0 Å². The van der Waals surface area contributed by atoms with Gasteiger partial charge in [0, 0.05) is 10.5 Å². The lowest BCUT2D eigenvalue weighted by molar-refractivity contribution is 0.306. The second-order valence-corrected chi connectivity index (χ2v) is 5.21. The van der Waals surface area contributed by atoms with Crippen LogP contribution >= 0.6 is 27.5 Å². The van der Waals surface area contributed by atoms with Crippen LogP contribution in [0.3, 0.4) is 0 Å². The third-order valence-electron chi connectivity index (χ3n) is 2.02. The topological polar surface area (TPSA) is 21.3 Å². The summed E-state index contributed by atoms with van der Waals surface area (Å²) in [7, 11) is 0. The van der Waals surface area contributed by atoms with Gasteiger partial charge < -0.3 is 10.1 Å². The summed E-state index contributed by atoms with van der Waals surface area (Å²) in [6, 6.07) is 6.13. The van der Waals surface area contributed by atoms with E-state index in [1.807, 2.05) is 18.2 Å². The summed E-state index contributed by atoms with van der Waals surface area (Å²) < 4.78 is 6.58. The molecule has 0 atom stereocenters. The second kappa shape index (κ2) is 7.15. The molecular formula is C12H17BrClNO. The normalized spacial score (nSPS) is 10.8. The number of benzene rings is 1. The van der Waals surface area contributed by atoms with Crippen molar-refractivity contribution < 1.29 is 4.74 Å². The van der Waals surface area contributed by atoms with Gasteiger partial charge in [-0.25, -0.2) is 0 Å². The van der Waals surface area contributed by atoms with Gasteiger partial charge in [0.05, 0.1) is 11.6 Å². The van der Waals surface area contributed by atoms with Crippen molar-refractivity contribution in [2.24, 2.45) is 0 Å². The summed E-state index contributed by atoms with van der Waals surface area (Å²) >= 11 is 9.39. The van der Waals surface area contributed by atoms with Crippen molar-refractivity contribution in [2.75, 3.05) is 13.2 Å². The molecule has 0 unspecified atom stereocenters. The quantitative estimate of drug-likeness (QED) is 0.806. The fourth-order valence-electron chi connectivity index (χ4n) is 1.23. The van der Waals surface area contributed by atoms with E-state index in [1.54, 1.807) is 0 Å². The zero-order valence-corrected chi connectivity index (χ0v) is 11.9. The molecule has 0 aromatic heterocycles. The molecule has 0 aliphatic heterocycles. The van der Waals surface area contributed by atoms with Crippen LogP contribution in [0.2, 0.25) is 5.02 Å². The molecule has 0 spiro atoms. The molecule has 16 heavy (non-hydrogen) atoms. The van der Waals surface area contributed by atoms with E-state index >= 15 is 0 Å². The molecule has 0 amide bonds. The summed E-state index contributed by atoms with van der Waals surface area (Å²) in [5.74, 6) is 0.737. The Morgan fingerprint density at radius 1 is 1.44 bits per heavy atom. The highest BCUT2D eigenvalue weighted by atomic mass is 79.9. The molecule has 0 bridgehead atoms. The highest BCUT2D eigenvalue weighted by molar-refractivity contribution is 9.10. The molecule has 1 N–H and O–H groups in total. The van der Waals surface area contributed by atoms with Gasteiger partial charge in [0.25, 0.3) is 0 Å². The number of rotatable bonds is 6. The Kier molecular flexibility index (Phi) is 6.17. The molecule has 1 rings (SSSR count). The van der Waals surface area contributed by atoms with Gasteiger partial charge in [-0.3, -0.25) is 0 Å². The molecule has 0 fully saturated rings. The van der Waals surface area contributed by atoms with E-state index < -0.39 is 0 Å². The van der Waals surface area contributed by atoms with Gasteiger partial charge >= 0.3 is 0 Å². The minimum atomic E-state index is 0.523. The summed E-state index contributed by atoms with van der Waals surface area (Å²) in [6.07, 6.45) is 0.973. The fourth-order valence-corrected chi connectivity index (χ4v) is 1.75. The highest BCUT2D eigenvalue weighted by Gasteiger charge is 2.01. The van der Waals surface area contributed by atoms with Crippen LogP contribution in [-0.2, 0) is 0 Å². The minimum absolute atomic E-state index is 0.523. The maximum Gasteiger partial charge on any atom is 0.139 e. The average Bonchev–Trinajstić information content (AvgIpc) is 2.22. The smallest absolute Gasteiger partial charge is 0.139 e. The van der Waals surface area contributed by atoms with Crippen LogP contribution in [0.1, 0.15) is 20.3 Å². The van der Waals surface area contributed by atoms with Crippen molar-refractivity contribution in [3.05, 3.63) is 27.7 Å². The van der Waals surface area contributed by atoms with E-state index in [0.717, 1.165) is 23.2 Å². The SMILES string of the molecule is CC(C)NCCCOc1cc(Br)ccc1Cl. The Hall–Kier alpha value is -0.250. The third kappa shape index (κ3) is 5.19. The first-order chi connectivity index (χ1) is 7.59. The van der Waals surface area contributed by atoms with Crippen molar-refractivity contribution >= 4 is 27.5 Å². The molecule has 1 aromatic rings. The van der Waals surface area contributed by atoms with Gasteiger partial charge in [0.2, 0.25) is 0 Å². The molecule has 0 radical (unpaired) electrons. The van der Waals surface area contributed by atoms with E-state index in [-0.39, 0.29) is 0 Å². The molecule has 0 aliphatic carbocycles. The maximum atomic E-state index is 6.00. The van der Waals surface area contributed by atoms with Crippen LogP contribution in [0.4, 0.5) is 0 Å². The van der Waals surface area contributed by atoms with Crippen LogP contribution in [0.15, 0.2) is 22.7 Å². The Labute approximate surface area is 110 Å². The summed E-state index contributed by atoms with van der Waals surface area (Å²) in [5, 5.41) is 3.99. The second-order valence-electron chi connectivity index (χ2n) is 3.89. The molecule has 0 saturated carbocycles. The molecule has 4 heteroatoms. The zero-order valence-electron chi connectivity index (χ0n) is 9.59. The van der Waals surface area contributed by atoms with Gasteiger partial charge in [-0.05, 0) is 31.2 Å². The van der Waals surface area contributed by atoms with Crippen molar-refractivity contribution in [1.82, 2.24) is 5.32 Å². The number of nitrogens with one attached hydrogen (secondary N) is 1. The Morgan fingerprint density at radius 2 is 2.19 bits per heavy atom. The van der Waals surface area contributed by atoms with E-state index in [2.05, 4.69) is 35.1 Å². The van der Waals surface area contributed by atoms with E-state index in [9.17, 15) is 0 Å². The first-order valence-electron chi connectivity index (χ1n) is 5.41. The minimum Gasteiger partial charge on any atom is -0.492 e. The molecule has 0 aliphatic rings. The first kappa shape index (κ1) is 13.8. The fraction of sp³-hybridized carbons (Fsp3) is 0.500. The average molecular weight is 307 g/mol. The lowest BCUT2D eigenvalue weighted by Crippen LogP contribution is -2.24. The number of halogens is 2. The summed E-state index contributed by atoms with van der Waals surface area (Å²) in [6.45, 7) is 5.90. The molecular weight excluding hydrogens is 289 g/mol. The highest BCUT2D eigenvalue weighted by Crippen LogP contribution is 2.27. The molecule has 2 nitrogen and oxygen atoms in total. The van der Waals surface area contributed by atoms with Gasteiger partial charge in [-0.1, -0.05) is 41.4 Å². The molecule has 0 heterocycles. The van der Waals surface area contributed by atoms with Crippen molar-refractivity contribution in [3.8, 4) is 5.75 Å². The van der Waals surface area contributed by atoms with Crippen molar-refractivity contribution in [2.45, 2.75) is 26.3 Å². The predicted molar refractivity (Wildman–Crippen MR) is 72.4 cm³/mol. The molecule has 0 saturated heterocycles. The standard InChI is InChI=1S/C12H17BrClNO/c1-9(2)15-6-3-7-16-12-8-10(13)4-5-11(12)14/h4-5,8-9,15H,3,6-7H2,1-2H3. The largest absolute Gasteiger partial charge is 0.492 e. The van der Waals surface area contributed by atoms with Gasteiger partial charge in [-0.15, -0.1) is 0 Å². The number of ether oxygens (including phenoxy) is 1.